The maximum Gasteiger partial charge on any atom is 0.412 e. The average molecular weight is 457 g/mol. The van der Waals surface area contributed by atoms with Crippen molar-refractivity contribution in [2.45, 2.75) is 57.8 Å². The van der Waals surface area contributed by atoms with Crippen LogP contribution in [0.2, 0.25) is 18.1 Å². The standard InChI is InChI=1S/C24H36N4O3Si/c1-24(2,3)32(4,5)31-19-6-7-21(20(25)16-19)28-23(29)30-22(17-8-12-26-13-9-17)18-10-14-27-15-11-18/h6-9,12-13,16,18,22,27H,10-11,14-15,25H2,1-5H3,(H,28,29). The van der Waals surface area contributed by atoms with Crippen LogP contribution in [0.5, 0.6) is 5.75 Å². The number of nitrogens with one attached hydrogen (secondary N) is 2. The first kappa shape index (κ1) is 24.1. The Hall–Kier alpha value is -2.58. The molecule has 4 N–H and O–H groups in total. The van der Waals surface area contributed by atoms with E-state index < -0.39 is 14.4 Å². The molecule has 1 fully saturated rings. The van der Waals surface area contributed by atoms with E-state index in [1.165, 1.54) is 0 Å². The van der Waals surface area contributed by atoms with Crippen molar-refractivity contribution >= 4 is 25.8 Å². The number of carbonyl (C=O) groups excluding carboxylic acids is 1. The van der Waals surface area contributed by atoms with Crippen LogP contribution >= 0.6 is 0 Å². The normalized spacial score (nSPS) is 16.3. The van der Waals surface area contributed by atoms with Gasteiger partial charge < -0.3 is 20.2 Å². The fourth-order valence-electron chi connectivity index (χ4n) is 3.56. The van der Waals surface area contributed by atoms with E-state index in [-0.39, 0.29) is 17.1 Å². The van der Waals surface area contributed by atoms with Gasteiger partial charge in [-0.2, -0.15) is 0 Å². The Morgan fingerprint density at radius 3 is 2.44 bits per heavy atom. The van der Waals surface area contributed by atoms with Crippen LogP contribution in [0.4, 0.5) is 16.2 Å². The number of amides is 1. The molecule has 7 nitrogen and oxygen atoms in total. The van der Waals surface area contributed by atoms with Crippen molar-refractivity contribution in [1.29, 1.82) is 0 Å². The van der Waals surface area contributed by atoms with Crippen LogP contribution in [0, 0.1) is 5.92 Å². The molecule has 1 aromatic carbocycles. The Morgan fingerprint density at radius 2 is 1.84 bits per heavy atom. The SMILES string of the molecule is CC(C)(C)[Si](C)(C)Oc1ccc(NC(=O)OC(c2ccncc2)C2CCNCC2)c(N)c1. The molecule has 0 spiro atoms. The molecular formula is C24H36N4O3Si. The monoisotopic (exact) mass is 456 g/mol. The Labute approximate surface area is 192 Å². The number of piperidine rings is 1. The van der Waals surface area contributed by atoms with Gasteiger partial charge in [0.05, 0.1) is 11.4 Å². The van der Waals surface area contributed by atoms with Gasteiger partial charge in [0.25, 0.3) is 0 Å². The van der Waals surface area contributed by atoms with Crippen molar-refractivity contribution in [3.05, 3.63) is 48.3 Å². The van der Waals surface area contributed by atoms with Crippen molar-refractivity contribution < 1.29 is 14.0 Å². The van der Waals surface area contributed by atoms with Crippen LogP contribution in [0.3, 0.4) is 0 Å². The van der Waals surface area contributed by atoms with Gasteiger partial charge in [-0.25, -0.2) is 4.79 Å². The number of aromatic nitrogens is 1. The lowest BCUT2D eigenvalue weighted by Gasteiger charge is -2.36. The Morgan fingerprint density at radius 1 is 1.19 bits per heavy atom. The van der Waals surface area contributed by atoms with Gasteiger partial charge in [0.1, 0.15) is 11.9 Å². The maximum atomic E-state index is 12.8. The molecule has 1 aromatic heterocycles. The van der Waals surface area contributed by atoms with E-state index in [0.717, 1.165) is 37.2 Å². The van der Waals surface area contributed by atoms with E-state index in [2.05, 4.69) is 49.5 Å². The highest BCUT2D eigenvalue weighted by Crippen LogP contribution is 2.38. The molecule has 0 bridgehead atoms. The summed E-state index contributed by atoms with van der Waals surface area (Å²) in [4.78, 5) is 16.9. The number of nitrogen functional groups attached to an aromatic ring is 1. The minimum atomic E-state index is -1.97. The molecule has 0 saturated carbocycles. The van der Waals surface area contributed by atoms with Gasteiger partial charge in [0.2, 0.25) is 8.32 Å². The van der Waals surface area contributed by atoms with Crippen LogP contribution < -0.4 is 20.8 Å². The molecular weight excluding hydrogens is 420 g/mol. The number of hydrogen-bond donors (Lipinski definition) is 3. The molecule has 0 aliphatic carbocycles. The van der Waals surface area contributed by atoms with E-state index >= 15 is 0 Å². The largest absolute Gasteiger partial charge is 0.543 e. The van der Waals surface area contributed by atoms with Crippen LogP contribution in [0.1, 0.15) is 45.3 Å². The zero-order valence-corrected chi connectivity index (χ0v) is 20.8. The van der Waals surface area contributed by atoms with Gasteiger partial charge in [0.15, 0.2) is 0 Å². The van der Waals surface area contributed by atoms with Crippen molar-refractivity contribution in [3.63, 3.8) is 0 Å². The van der Waals surface area contributed by atoms with E-state index in [9.17, 15) is 4.79 Å². The lowest BCUT2D eigenvalue weighted by Crippen LogP contribution is -2.43. The first-order chi connectivity index (χ1) is 15.1. The highest BCUT2D eigenvalue weighted by Gasteiger charge is 2.39. The number of pyridine rings is 1. The molecule has 1 aliphatic heterocycles. The van der Waals surface area contributed by atoms with E-state index in [1.54, 1.807) is 24.5 Å². The molecule has 1 saturated heterocycles. The third kappa shape index (κ3) is 6.01. The summed E-state index contributed by atoms with van der Waals surface area (Å²) in [5, 5.41) is 6.25. The summed E-state index contributed by atoms with van der Waals surface area (Å²) >= 11 is 0. The number of anilines is 2. The Kier molecular flexibility index (Phi) is 7.46. The molecule has 2 heterocycles. The molecule has 174 valence electrons. The molecule has 1 amide bonds. The Balaban J connectivity index is 1.70. The van der Waals surface area contributed by atoms with Gasteiger partial charge >= 0.3 is 6.09 Å². The van der Waals surface area contributed by atoms with Gasteiger partial charge in [0, 0.05) is 24.4 Å². The van der Waals surface area contributed by atoms with E-state index in [1.807, 2.05) is 18.2 Å². The van der Waals surface area contributed by atoms with Gasteiger partial charge in [-0.05, 0) is 73.9 Å². The molecule has 3 rings (SSSR count). The minimum Gasteiger partial charge on any atom is -0.543 e. The summed E-state index contributed by atoms with van der Waals surface area (Å²) < 4.78 is 12.2. The minimum absolute atomic E-state index is 0.0824. The quantitative estimate of drug-likeness (QED) is 0.401. The second-order valence-electron chi connectivity index (χ2n) is 9.93. The Bertz CT molecular complexity index is 909. The number of benzene rings is 1. The highest BCUT2D eigenvalue weighted by atomic mass is 28.4. The molecule has 1 atom stereocenters. The van der Waals surface area contributed by atoms with Crippen LogP contribution in [-0.2, 0) is 4.74 Å². The third-order valence-electron chi connectivity index (χ3n) is 6.52. The van der Waals surface area contributed by atoms with Gasteiger partial charge in [-0.1, -0.05) is 20.8 Å². The van der Waals surface area contributed by atoms with Crippen molar-refractivity contribution in [1.82, 2.24) is 10.3 Å². The van der Waals surface area contributed by atoms with Crippen molar-refractivity contribution in [2.24, 2.45) is 5.92 Å². The number of nitrogens with two attached hydrogens (primary N) is 1. The summed E-state index contributed by atoms with van der Waals surface area (Å²) in [6, 6.07) is 9.19. The van der Waals surface area contributed by atoms with Crippen molar-refractivity contribution in [2.75, 3.05) is 24.1 Å². The predicted octanol–water partition coefficient (Wildman–Crippen LogP) is 5.34. The zero-order chi connectivity index (χ0) is 23.4. The zero-order valence-electron chi connectivity index (χ0n) is 19.8. The molecule has 0 radical (unpaired) electrons. The second-order valence-corrected chi connectivity index (χ2v) is 14.7. The average Bonchev–Trinajstić information content (AvgIpc) is 2.74. The van der Waals surface area contributed by atoms with Crippen LogP contribution in [-0.4, -0.2) is 32.5 Å². The fourth-order valence-corrected chi connectivity index (χ4v) is 4.58. The fraction of sp³-hybridized carbons (Fsp3) is 0.500. The molecule has 8 heteroatoms. The van der Waals surface area contributed by atoms with Crippen LogP contribution in [0.15, 0.2) is 42.7 Å². The van der Waals surface area contributed by atoms with E-state index in [0.29, 0.717) is 11.4 Å². The maximum absolute atomic E-state index is 12.8. The summed E-state index contributed by atoms with van der Waals surface area (Å²) in [6.45, 7) is 12.8. The third-order valence-corrected chi connectivity index (χ3v) is 10.9. The number of nitrogens with zero attached hydrogens (tertiary/aromatic N) is 1. The number of carbonyl (C=O) groups is 1. The molecule has 32 heavy (non-hydrogen) atoms. The van der Waals surface area contributed by atoms with E-state index in [4.69, 9.17) is 14.9 Å². The van der Waals surface area contributed by atoms with Crippen LogP contribution in [0.25, 0.3) is 0 Å². The molecule has 2 aromatic rings. The topological polar surface area (TPSA) is 98.5 Å². The summed E-state index contributed by atoms with van der Waals surface area (Å²) in [7, 11) is -1.97. The predicted molar refractivity (Wildman–Crippen MR) is 131 cm³/mol. The lowest BCUT2D eigenvalue weighted by atomic mass is 9.88. The van der Waals surface area contributed by atoms with Gasteiger partial charge in [-0.3, -0.25) is 10.3 Å². The number of hydrogen-bond acceptors (Lipinski definition) is 6. The number of ether oxygens (including phenoxy) is 1. The van der Waals surface area contributed by atoms with Gasteiger partial charge in [-0.15, -0.1) is 0 Å². The smallest absolute Gasteiger partial charge is 0.412 e. The summed E-state index contributed by atoms with van der Waals surface area (Å²) in [6.07, 6.45) is 4.50. The molecule has 1 aliphatic rings. The number of rotatable bonds is 6. The first-order valence-electron chi connectivity index (χ1n) is 11.2. The lowest BCUT2D eigenvalue weighted by molar-refractivity contribution is 0.0591. The second kappa shape index (κ2) is 9.91. The summed E-state index contributed by atoms with van der Waals surface area (Å²) in [5.74, 6) is 0.972. The van der Waals surface area contributed by atoms with Crippen molar-refractivity contribution in [3.8, 4) is 5.75 Å². The first-order valence-corrected chi connectivity index (χ1v) is 14.1. The molecule has 1 unspecified atom stereocenters. The summed E-state index contributed by atoms with van der Waals surface area (Å²) in [5.41, 5.74) is 8.14. The highest BCUT2D eigenvalue weighted by molar-refractivity contribution is 6.74.